The number of fused-ring (bicyclic) bond motifs is 1. The Kier molecular flexibility index (Phi) is 5.06. The molecule has 1 atom stereocenters. The first-order valence-corrected chi connectivity index (χ1v) is 9.96. The zero-order valence-electron chi connectivity index (χ0n) is 16.7. The van der Waals surface area contributed by atoms with E-state index in [4.69, 9.17) is 15.5 Å². The topological polar surface area (TPSA) is 127 Å². The van der Waals surface area contributed by atoms with Gasteiger partial charge in [0.2, 0.25) is 0 Å². The van der Waals surface area contributed by atoms with E-state index in [-0.39, 0.29) is 12.7 Å². The molecule has 0 amide bonds. The summed E-state index contributed by atoms with van der Waals surface area (Å²) < 4.78 is 7.41. The Hall–Kier alpha value is -3.76. The average Bonchev–Trinajstić information content (AvgIpc) is 3.29. The van der Waals surface area contributed by atoms with Gasteiger partial charge in [0.1, 0.15) is 17.2 Å². The summed E-state index contributed by atoms with van der Waals surface area (Å²) in [6.45, 7) is 2.09. The molecule has 1 saturated heterocycles. The van der Waals surface area contributed by atoms with Crippen LogP contribution in [0.2, 0.25) is 0 Å². The van der Waals surface area contributed by atoms with Crippen molar-refractivity contribution in [2.45, 2.75) is 6.10 Å². The fourth-order valence-electron chi connectivity index (χ4n) is 3.60. The summed E-state index contributed by atoms with van der Waals surface area (Å²) in [6.07, 6.45) is 8.39. The van der Waals surface area contributed by atoms with Crippen molar-refractivity contribution in [1.82, 2.24) is 24.3 Å². The number of benzene rings is 1. The molecule has 0 bridgehead atoms. The molecule has 1 aliphatic rings. The van der Waals surface area contributed by atoms with Gasteiger partial charge in [0.15, 0.2) is 11.5 Å². The molecule has 1 aromatic carbocycles. The molecule has 1 aliphatic heterocycles. The van der Waals surface area contributed by atoms with Gasteiger partial charge in [-0.25, -0.2) is 15.0 Å². The lowest BCUT2D eigenvalue weighted by Crippen LogP contribution is -2.44. The normalized spacial score (nSPS) is 16.5. The fraction of sp³-hybridized carbons (Fsp3) is 0.238. The van der Waals surface area contributed by atoms with Crippen LogP contribution in [0.1, 0.15) is 0 Å². The van der Waals surface area contributed by atoms with Crippen LogP contribution in [0, 0.1) is 0 Å². The predicted octanol–water partition coefficient (Wildman–Crippen LogP) is 1.71. The Labute approximate surface area is 178 Å². The van der Waals surface area contributed by atoms with Crippen LogP contribution >= 0.6 is 0 Å². The highest BCUT2D eigenvalue weighted by Crippen LogP contribution is 2.26. The molecule has 5 rings (SSSR count). The molecular weight excluding hydrogens is 396 g/mol. The van der Waals surface area contributed by atoms with Gasteiger partial charge in [-0.1, -0.05) is 0 Å². The maximum absolute atomic E-state index is 9.36. The third kappa shape index (κ3) is 3.98. The number of anilines is 4. The molecule has 0 spiro atoms. The Bertz CT molecular complexity index is 1190. The van der Waals surface area contributed by atoms with Gasteiger partial charge < -0.3 is 30.2 Å². The maximum atomic E-state index is 9.36. The second kappa shape index (κ2) is 8.17. The number of nitrogen functional groups attached to an aromatic ring is 1. The summed E-state index contributed by atoms with van der Waals surface area (Å²) in [7, 11) is 0. The number of morpholine rings is 1. The number of hydrogen-bond acceptors (Lipinski definition) is 9. The van der Waals surface area contributed by atoms with Gasteiger partial charge >= 0.3 is 0 Å². The van der Waals surface area contributed by atoms with E-state index >= 15 is 0 Å². The first-order valence-electron chi connectivity index (χ1n) is 9.96. The second-order valence-corrected chi connectivity index (χ2v) is 7.26. The minimum atomic E-state index is -0.151. The van der Waals surface area contributed by atoms with E-state index in [1.165, 1.54) is 6.20 Å². The number of aromatic nitrogens is 5. The van der Waals surface area contributed by atoms with Gasteiger partial charge in [-0.2, -0.15) is 0 Å². The van der Waals surface area contributed by atoms with Gasteiger partial charge in [-0.05, 0) is 24.3 Å². The molecule has 4 N–H and O–H groups in total. The zero-order chi connectivity index (χ0) is 21.2. The second-order valence-electron chi connectivity index (χ2n) is 7.26. The molecule has 158 valence electrons. The maximum Gasteiger partial charge on any atom is 0.180 e. The smallest absolute Gasteiger partial charge is 0.180 e. The molecule has 4 aromatic rings. The largest absolute Gasteiger partial charge is 0.394 e. The van der Waals surface area contributed by atoms with E-state index in [2.05, 4.69) is 25.2 Å². The number of nitrogens with zero attached hydrogens (tertiary/aromatic N) is 6. The van der Waals surface area contributed by atoms with E-state index in [0.717, 1.165) is 17.9 Å². The van der Waals surface area contributed by atoms with E-state index in [9.17, 15) is 5.11 Å². The molecule has 0 saturated carbocycles. The molecule has 10 heteroatoms. The fourth-order valence-corrected chi connectivity index (χ4v) is 3.60. The number of imidazole rings is 1. The van der Waals surface area contributed by atoms with Crippen LogP contribution in [0.15, 0.2) is 55.2 Å². The third-order valence-electron chi connectivity index (χ3n) is 5.13. The van der Waals surface area contributed by atoms with E-state index in [1.54, 1.807) is 12.4 Å². The van der Waals surface area contributed by atoms with Gasteiger partial charge in [0.05, 0.1) is 31.7 Å². The minimum Gasteiger partial charge on any atom is -0.394 e. The summed E-state index contributed by atoms with van der Waals surface area (Å²) in [6, 6.07) is 8.07. The Morgan fingerprint density at radius 3 is 2.84 bits per heavy atom. The molecule has 10 nitrogen and oxygen atoms in total. The molecule has 3 aromatic heterocycles. The summed E-state index contributed by atoms with van der Waals surface area (Å²) in [5.41, 5.74) is 9.65. The highest BCUT2D eigenvalue weighted by molar-refractivity contribution is 5.73. The zero-order valence-corrected chi connectivity index (χ0v) is 16.7. The lowest BCUT2D eigenvalue weighted by atomic mass is 10.2. The highest BCUT2D eigenvalue weighted by atomic mass is 16.5. The van der Waals surface area contributed by atoms with Crippen molar-refractivity contribution in [3.63, 3.8) is 0 Å². The summed E-state index contributed by atoms with van der Waals surface area (Å²) >= 11 is 0. The average molecular weight is 418 g/mol. The predicted molar refractivity (Wildman–Crippen MR) is 117 cm³/mol. The van der Waals surface area contributed by atoms with Crippen molar-refractivity contribution >= 4 is 28.7 Å². The van der Waals surface area contributed by atoms with E-state index in [1.807, 2.05) is 41.1 Å². The van der Waals surface area contributed by atoms with Crippen molar-refractivity contribution in [1.29, 1.82) is 0 Å². The quantitative estimate of drug-likeness (QED) is 0.444. The third-order valence-corrected chi connectivity index (χ3v) is 5.13. The first-order chi connectivity index (χ1) is 15.2. The lowest BCUT2D eigenvalue weighted by molar-refractivity contribution is 0.00357. The summed E-state index contributed by atoms with van der Waals surface area (Å²) in [5.74, 6) is 0.938. The van der Waals surface area contributed by atoms with Gasteiger partial charge in [-0.15, -0.1) is 0 Å². The van der Waals surface area contributed by atoms with Crippen molar-refractivity contribution < 1.29 is 9.84 Å². The molecule has 0 aliphatic carbocycles. The molecule has 1 unspecified atom stereocenters. The molecule has 0 radical (unpaired) electrons. The van der Waals surface area contributed by atoms with E-state index in [0.29, 0.717) is 41.8 Å². The Morgan fingerprint density at radius 2 is 2.03 bits per heavy atom. The number of nitrogens with two attached hydrogens (primary N) is 1. The molecule has 31 heavy (non-hydrogen) atoms. The SMILES string of the molecule is Nc1cncc(-c2cn3ccnc3c(Nc3ccc(N4CCOC(CO)C4)cc3)n2)n1. The number of aliphatic hydroxyl groups is 1. The van der Waals surface area contributed by atoms with Crippen LogP contribution in [-0.2, 0) is 4.74 Å². The summed E-state index contributed by atoms with van der Waals surface area (Å²) in [5, 5.41) is 12.7. The van der Waals surface area contributed by atoms with Gasteiger partial charge in [0, 0.05) is 43.1 Å². The molecule has 1 fully saturated rings. The first kappa shape index (κ1) is 19.2. The van der Waals surface area contributed by atoms with Crippen LogP contribution < -0.4 is 16.0 Å². The summed E-state index contributed by atoms with van der Waals surface area (Å²) in [4.78, 5) is 19.7. The Morgan fingerprint density at radius 1 is 1.16 bits per heavy atom. The van der Waals surface area contributed by atoms with Crippen molar-refractivity contribution in [3.8, 4) is 11.4 Å². The highest BCUT2D eigenvalue weighted by Gasteiger charge is 2.20. The van der Waals surface area contributed by atoms with Gasteiger partial charge in [-0.3, -0.25) is 4.98 Å². The Balaban J connectivity index is 1.42. The van der Waals surface area contributed by atoms with Crippen molar-refractivity contribution in [2.24, 2.45) is 0 Å². The van der Waals surface area contributed by atoms with Crippen LogP contribution in [0.4, 0.5) is 23.0 Å². The minimum absolute atomic E-state index is 0.0237. The molecule has 4 heterocycles. The number of rotatable bonds is 5. The van der Waals surface area contributed by atoms with Crippen LogP contribution in [0.3, 0.4) is 0 Å². The standard InChI is InChI=1S/C21H22N8O2/c22-19-10-23-9-17(26-19)18-12-29-6-5-24-21(29)20(27-18)25-14-1-3-15(4-2-14)28-7-8-31-16(11-28)13-30/h1-6,9-10,12,16,30H,7-8,11,13H2,(H2,22,26)(H,25,27). The number of nitrogens with one attached hydrogen (secondary N) is 1. The number of ether oxygens (including phenoxy) is 1. The monoisotopic (exact) mass is 418 g/mol. The van der Waals surface area contributed by atoms with Gasteiger partial charge in [0.25, 0.3) is 0 Å². The number of hydrogen-bond donors (Lipinski definition) is 3. The van der Waals surface area contributed by atoms with Crippen molar-refractivity contribution in [2.75, 3.05) is 42.3 Å². The van der Waals surface area contributed by atoms with Crippen LogP contribution in [0.25, 0.3) is 17.0 Å². The van der Waals surface area contributed by atoms with Crippen molar-refractivity contribution in [3.05, 3.63) is 55.2 Å². The van der Waals surface area contributed by atoms with E-state index < -0.39 is 0 Å². The van der Waals surface area contributed by atoms with Crippen LogP contribution in [0.5, 0.6) is 0 Å². The molecular formula is C21H22N8O2. The number of aliphatic hydroxyl groups excluding tert-OH is 1. The lowest BCUT2D eigenvalue weighted by Gasteiger charge is -2.33. The van der Waals surface area contributed by atoms with Crippen LogP contribution in [-0.4, -0.2) is 61.9 Å².